The summed E-state index contributed by atoms with van der Waals surface area (Å²) in [5, 5.41) is 2.47. The van der Waals surface area contributed by atoms with Gasteiger partial charge in [-0.25, -0.2) is 32.7 Å². The molecule has 0 saturated heterocycles. The number of fused-ring (bicyclic) bond motifs is 5. The van der Waals surface area contributed by atoms with Crippen LogP contribution in [0, 0.1) is 22.9 Å². The number of aliphatic imine (C=N–C) groups is 1. The third-order valence-corrected chi connectivity index (χ3v) is 10.5. The van der Waals surface area contributed by atoms with Gasteiger partial charge in [0.25, 0.3) is 0 Å². The van der Waals surface area contributed by atoms with Crippen molar-refractivity contribution in [3.8, 4) is 17.0 Å². The Labute approximate surface area is 307 Å². The molecular formula is C36H37ClF3N7O4S. The van der Waals surface area contributed by atoms with E-state index in [-0.39, 0.29) is 55.9 Å². The summed E-state index contributed by atoms with van der Waals surface area (Å²) in [7, 11) is 3.82. The lowest BCUT2D eigenvalue weighted by Crippen LogP contribution is -2.62. The predicted molar refractivity (Wildman–Crippen MR) is 197 cm³/mol. The smallest absolute Gasteiger partial charge is 0.413 e. The Morgan fingerprint density at radius 3 is 2.48 bits per heavy atom. The average Bonchev–Trinajstić information content (AvgIpc) is 3.45. The molecule has 0 bridgehead atoms. The molecule has 1 amide bonds. The number of pyridine rings is 1. The summed E-state index contributed by atoms with van der Waals surface area (Å²) in [6, 6.07) is 0.896. The van der Waals surface area contributed by atoms with Crippen LogP contribution in [-0.2, 0) is 9.53 Å². The lowest BCUT2D eigenvalue weighted by atomic mass is 9.82. The second-order valence-corrected chi connectivity index (χ2v) is 16.8. The van der Waals surface area contributed by atoms with Crippen molar-refractivity contribution in [2.24, 2.45) is 10.4 Å². The van der Waals surface area contributed by atoms with E-state index in [0.717, 1.165) is 11.3 Å². The van der Waals surface area contributed by atoms with Crippen molar-refractivity contribution in [2.45, 2.75) is 65.3 Å². The van der Waals surface area contributed by atoms with Gasteiger partial charge in [0.2, 0.25) is 5.88 Å². The molecule has 16 heteroatoms. The number of hydrogen-bond donors (Lipinski definition) is 1. The van der Waals surface area contributed by atoms with E-state index in [1.165, 1.54) is 6.07 Å². The number of carbonyl (C=O) groups excluding carboxylic acids is 2. The average molecular weight is 756 g/mol. The second-order valence-electron chi connectivity index (χ2n) is 15.4. The van der Waals surface area contributed by atoms with E-state index in [1.54, 1.807) is 27.0 Å². The van der Waals surface area contributed by atoms with Gasteiger partial charge in [0.1, 0.15) is 52.7 Å². The molecular weight excluding hydrogens is 719 g/mol. The first-order valence-corrected chi connectivity index (χ1v) is 17.8. The molecule has 0 fully saturated rings. The predicted octanol–water partition coefficient (Wildman–Crippen LogP) is 7.46. The van der Waals surface area contributed by atoms with Gasteiger partial charge in [0, 0.05) is 35.3 Å². The molecule has 5 heterocycles. The summed E-state index contributed by atoms with van der Waals surface area (Å²) < 4.78 is 59.7. The van der Waals surface area contributed by atoms with Gasteiger partial charge in [-0.3, -0.25) is 10.3 Å². The number of hydrogen-bond acceptors (Lipinski definition) is 11. The summed E-state index contributed by atoms with van der Waals surface area (Å²) in [4.78, 5) is 44.8. The third kappa shape index (κ3) is 5.93. The van der Waals surface area contributed by atoms with Crippen LogP contribution in [0.15, 0.2) is 22.8 Å². The number of ether oxygens (including phenoxy) is 2. The number of nitrogens with zero attached hydrogens (tertiary/aromatic N) is 6. The van der Waals surface area contributed by atoms with E-state index >= 15 is 13.2 Å². The summed E-state index contributed by atoms with van der Waals surface area (Å²) in [5.41, 5.74) is -1.07. The topological polar surface area (TPSA) is 112 Å². The van der Waals surface area contributed by atoms with E-state index in [9.17, 15) is 9.59 Å². The van der Waals surface area contributed by atoms with Gasteiger partial charge < -0.3 is 24.2 Å². The molecule has 2 aromatic carbocycles. The van der Waals surface area contributed by atoms with Crippen molar-refractivity contribution in [3.63, 3.8) is 0 Å². The molecule has 274 valence electrons. The molecule has 0 saturated carbocycles. The van der Waals surface area contributed by atoms with E-state index < -0.39 is 46.3 Å². The molecule has 1 N–H and O–H groups in total. The van der Waals surface area contributed by atoms with Crippen molar-refractivity contribution in [1.29, 1.82) is 0 Å². The SMILES string of the molecule is CN(C)C[C@H]1COc2nc3c(F)c(-c4c(F)cc(F)c5sc(NC(=O)OC(C)(C)C)nc45)c(Cl)cc3c3c2N1C(=C=O)[C@@H]1C=NCC(C(C)(C)C)N31. The molecule has 0 spiro atoms. The molecule has 3 aliphatic rings. The van der Waals surface area contributed by atoms with Crippen LogP contribution in [0.4, 0.5) is 34.5 Å². The van der Waals surface area contributed by atoms with Crippen LogP contribution in [0.5, 0.6) is 5.88 Å². The first-order valence-electron chi connectivity index (χ1n) is 16.6. The zero-order chi connectivity index (χ0) is 37.6. The Morgan fingerprint density at radius 2 is 1.83 bits per heavy atom. The first-order chi connectivity index (χ1) is 24.4. The number of likely N-dealkylation sites (N-methyl/N-ethyl adjacent to an activating group) is 1. The highest BCUT2D eigenvalue weighted by atomic mass is 35.5. The van der Waals surface area contributed by atoms with Crippen molar-refractivity contribution >= 4 is 78.8 Å². The molecule has 4 aromatic rings. The van der Waals surface area contributed by atoms with Gasteiger partial charge in [0.15, 0.2) is 10.9 Å². The summed E-state index contributed by atoms with van der Waals surface area (Å²) in [6.45, 7) is 12.2. The molecule has 2 aromatic heterocycles. The maximum absolute atomic E-state index is 17.3. The van der Waals surface area contributed by atoms with E-state index in [0.29, 0.717) is 41.6 Å². The van der Waals surface area contributed by atoms with Gasteiger partial charge in [-0.15, -0.1) is 0 Å². The van der Waals surface area contributed by atoms with Gasteiger partial charge >= 0.3 is 6.09 Å². The number of nitrogens with one attached hydrogen (secondary N) is 1. The second kappa shape index (κ2) is 12.6. The fraction of sp³-hybridized carbons (Fsp3) is 0.444. The number of rotatable bonds is 4. The monoisotopic (exact) mass is 755 g/mol. The van der Waals surface area contributed by atoms with Crippen LogP contribution in [0.3, 0.4) is 0 Å². The van der Waals surface area contributed by atoms with E-state index in [1.807, 2.05) is 28.8 Å². The summed E-state index contributed by atoms with van der Waals surface area (Å²) >= 11 is 7.67. The zero-order valence-electron chi connectivity index (χ0n) is 29.8. The van der Waals surface area contributed by atoms with Gasteiger partial charge in [-0.05, 0) is 46.3 Å². The largest absolute Gasteiger partial charge is 0.474 e. The molecule has 3 aliphatic heterocycles. The van der Waals surface area contributed by atoms with Crippen LogP contribution < -0.4 is 19.9 Å². The molecule has 0 radical (unpaired) electrons. The third-order valence-electron chi connectivity index (χ3n) is 9.18. The summed E-state index contributed by atoms with van der Waals surface area (Å²) in [5.74, 6) is -0.799. The van der Waals surface area contributed by atoms with Crippen molar-refractivity contribution in [1.82, 2.24) is 14.9 Å². The van der Waals surface area contributed by atoms with Crippen LogP contribution in [0.1, 0.15) is 41.5 Å². The van der Waals surface area contributed by atoms with Crippen LogP contribution in [0.25, 0.3) is 32.2 Å². The molecule has 0 aliphatic carbocycles. The Morgan fingerprint density at radius 1 is 1.10 bits per heavy atom. The minimum atomic E-state index is -1.12. The highest BCUT2D eigenvalue weighted by molar-refractivity contribution is 7.22. The fourth-order valence-corrected chi connectivity index (χ4v) is 8.30. The highest BCUT2D eigenvalue weighted by Gasteiger charge is 2.50. The molecule has 3 atom stereocenters. The molecule has 7 rings (SSSR count). The standard InChI is InChI=1S/C36H37ClF3N7O4S/c1-35(2,3)23-12-41-11-21-22(14-48)46-16(13-45(7)8)15-50-32-30(46)29(47(21)23)17-9-18(37)24(26(40)27(17)42-32)25-19(38)10-20(39)31-28(25)43-33(52-31)44-34(49)51-36(4,5)6/h9-11,16,21,23H,12-13,15H2,1-8H3,(H,43,44,49)/t16-,21-,23?/m0/s1. The number of amides is 1. The van der Waals surface area contributed by atoms with Crippen molar-refractivity contribution < 1.29 is 32.2 Å². The maximum atomic E-state index is 17.3. The van der Waals surface area contributed by atoms with E-state index in [4.69, 9.17) is 21.1 Å². The number of benzene rings is 2. The Kier molecular flexibility index (Phi) is 8.72. The Balaban J connectivity index is 1.49. The highest BCUT2D eigenvalue weighted by Crippen LogP contribution is 2.55. The lowest BCUT2D eigenvalue weighted by Gasteiger charge is -2.54. The normalized spacial score (nSPS) is 19.9. The number of halogens is 4. The minimum Gasteiger partial charge on any atom is -0.474 e. The van der Waals surface area contributed by atoms with Crippen LogP contribution in [-0.4, -0.2) is 90.6 Å². The number of thiazole rings is 1. The Bertz CT molecular complexity index is 2240. The fourth-order valence-electron chi connectivity index (χ4n) is 7.15. The first kappa shape index (κ1) is 36.0. The number of aromatic nitrogens is 2. The van der Waals surface area contributed by atoms with Gasteiger partial charge in [-0.2, -0.15) is 0 Å². The quantitative estimate of drug-likeness (QED) is 0.212. The van der Waals surface area contributed by atoms with Crippen LogP contribution in [0.2, 0.25) is 5.02 Å². The molecule has 11 nitrogen and oxygen atoms in total. The zero-order valence-corrected chi connectivity index (χ0v) is 31.4. The van der Waals surface area contributed by atoms with Gasteiger partial charge in [-0.1, -0.05) is 43.7 Å². The van der Waals surface area contributed by atoms with Crippen LogP contribution >= 0.6 is 22.9 Å². The molecule has 1 unspecified atom stereocenters. The van der Waals surface area contributed by atoms with Gasteiger partial charge in [0.05, 0.1) is 39.6 Å². The van der Waals surface area contributed by atoms with Crippen molar-refractivity contribution in [2.75, 3.05) is 48.9 Å². The Hall–Kier alpha value is -4.43. The maximum Gasteiger partial charge on any atom is 0.413 e. The number of carbonyl (C=O) groups is 1. The molecule has 52 heavy (non-hydrogen) atoms. The lowest BCUT2D eigenvalue weighted by molar-refractivity contribution is 0.0636. The van der Waals surface area contributed by atoms with Crippen molar-refractivity contribution in [3.05, 3.63) is 40.3 Å². The minimum absolute atomic E-state index is 0.0771. The summed E-state index contributed by atoms with van der Waals surface area (Å²) in [6.07, 6.45) is 0.859. The number of anilines is 3. The van der Waals surface area contributed by atoms with E-state index in [2.05, 4.69) is 47.0 Å².